The molecular weight excluding hydrogens is 138 g/mol. The van der Waals surface area contributed by atoms with Gasteiger partial charge in [0.15, 0.2) is 0 Å². The number of hydrogen-bond donors (Lipinski definition) is 1. The van der Waals surface area contributed by atoms with E-state index in [1.807, 2.05) is 0 Å². The summed E-state index contributed by atoms with van der Waals surface area (Å²) in [6, 6.07) is 0.394. The minimum atomic E-state index is 0.394. The molecule has 2 N–H and O–H groups in total. The molecule has 1 unspecified atom stereocenters. The van der Waals surface area contributed by atoms with Crippen LogP contribution in [0.5, 0.6) is 0 Å². The lowest BCUT2D eigenvalue weighted by Gasteiger charge is -2.09. The molecular formula is C9H21NO. The van der Waals surface area contributed by atoms with E-state index < -0.39 is 0 Å². The molecule has 1 atom stereocenters. The van der Waals surface area contributed by atoms with Gasteiger partial charge in [-0.1, -0.05) is 19.8 Å². The van der Waals surface area contributed by atoms with Crippen LogP contribution in [0.1, 0.15) is 39.0 Å². The van der Waals surface area contributed by atoms with Crippen molar-refractivity contribution in [3.8, 4) is 0 Å². The average Bonchev–Trinajstić information content (AvgIpc) is 2.01. The van der Waals surface area contributed by atoms with Crippen LogP contribution in [0.4, 0.5) is 0 Å². The summed E-state index contributed by atoms with van der Waals surface area (Å²) in [4.78, 5) is 0. The molecule has 0 bridgehead atoms. The monoisotopic (exact) mass is 159 g/mol. The van der Waals surface area contributed by atoms with Crippen LogP contribution >= 0.6 is 0 Å². The molecule has 0 aromatic carbocycles. The molecule has 11 heavy (non-hydrogen) atoms. The lowest BCUT2D eigenvalue weighted by Crippen LogP contribution is -2.19. The molecule has 0 aliphatic carbocycles. The highest BCUT2D eigenvalue weighted by Crippen LogP contribution is 2.03. The highest BCUT2D eigenvalue weighted by molar-refractivity contribution is 4.60. The zero-order chi connectivity index (χ0) is 8.53. The Morgan fingerprint density at radius 1 is 1.27 bits per heavy atom. The molecule has 0 spiro atoms. The number of unbranched alkanes of at least 4 members (excludes halogenated alkanes) is 1. The topological polar surface area (TPSA) is 35.2 Å². The Bertz CT molecular complexity index is 76.0. The van der Waals surface area contributed by atoms with Crippen LogP contribution in [0.3, 0.4) is 0 Å². The fraction of sp³-hybridized carbons (Fsp3) is 1.00. The first-order valence-electron chi connectivity index (χ1n) is 4.55. The van der Waals surface area contributed by atoms with E-state index in [9.17, 15) is 0 Å². The van der Waals surface area contributed by atoms with Crippen molar-refractivity contribution < 1.29 is 4.74 Å². The standard InChI is InChI=1S/C9H21NO/c1-3-4-6-9(10)7-5-8-11-2/h9H,3-8,10H2,1-2H3. The summed E-state index contributed by atoms with van der Waals surface area (Å²) in [6.07, 6.45) is 5.88. The van der Waals surface area contributed by atoms with Crippen LogP contribution in [-0.4, -0.2) is 19.8 Å². The first-order chi connectivity index (χ1) is 5.31. The van der Waals surface area contributed by atoms with Crippen molar-refractivity contribution in [2.45, 2.75) is 45.1 Å². The Morgan fingerprint density at radius 2 is 1.91 bits per heavy atom. The Kier molecular flexibility index (Phi) is 7.96. The molecule has 0 amide bonds. The number of rotatable bonds is 7. The normalized spacial score (nSPS) is 13.4. The minimum absolute atomic E-state index is 0.394. The Morgan fingerprint density at radius 3 is 2.45 bits per heavy atom. The molecule has 0 saturated heterocycles. The molecule has 0 radical (unpaired) electrons. The summed E-state index contributed by atoms with van der Waals surface area (Å²) in [5.41, 5.74) is 5.84. The summed E-state index contributed by atoms with van der Waals surface area (Å²) in [6.45, 7) is 3.04. The molecule has 0 aliphatic heterocycles. The third kappa shape index (κ3) is 7.82. The molecule has 0 heterocycles. The van der Waals surface area contributed by atoms with Crippen molar-refractivity contribution in [3.05, 3.63) is 0 Å². The summed E-state index contributed by atoms with van der Waals surface area (Å²) >= 11 is 0. The van der Waals surface area contributed by atoms with Gasteiger partial charge in [-0.25, -0.2) is 0 Å². The second kappa shape index (κ2) is 8.02. The zero-order valence-corrected chi connectivity index (χ0v) is 7.81. The van der Waals surface area contributed by atoms with E-state index in [0.29, 0.717) is 6.04 Å². The number of ether oxygens (including phenoxy) is 1. The fourth-order valence-electron chi connectivity index (χ4n) is 1.10. The largest absolute Gasteiger partial charge is 0.385 e. The summed E-state index contributed by atoms with van der Waals surface area (Å²) < 4.78 is 4.94. The maximum Gasteiger partial charge on any atom is 0.0462 e. The molecule has 0 fully saturated rings. The molecule has 0 aromatic rings. The Balaban J connectivity index is 3.02. The third-order valence-electron chi connectivity index (χ3n) is 1.85. The summed E-state index contributed by atoms with van der Waals surface area (Å²) in [5.74, 6) is 0. The highest BCUT2D eigenvalue weighted by atomic mass is 16.5. The molecule has 0 aromatic heterocycles. The maximum atomic E-state index is 5.84. The Hall–Kier alpha value is -0.0800. The van der Waals surface area contributed by atoms with Gasteiger partial charge in [0.05, 0.1) is 0 Å². The number of methoxy groups -OCH3 is 1. The summed E-state index contributed by atoms with van der Waals surface area (Å²) in [7, 11) is 1.73. The van der Waals surface area contributed by atoms with Gasteiger partial charge >= 0.3 is 0 Å². The molecule has 0 saturated carbocycles. The average molecular weight is 159 g/mol. The van der Waals surface area contributed by atoms with Crippen LogP contribution in [0, 0.1) is 0 Å². The van der Waals surface area contributed by atoms with Crippen molar-refractivity contribution in [3.63, 3.8) is 0 Å². The minimum Gasteiger partial charge on any atom is -0.385 e. The van der Waals surface area contributed by atoms with Gasteiger partial charge < -0.3 is 10.5 Å². The predicted octanol–water partition coefficient (Wildman–Crippen LogP) is 1.93. The number of nitrogens with two attached hydrogens (primary N) is 1. The van der Waals surface area contributed by atoms with Crippen molar-refractivity contribution in [1.82, 2.24) is 0 Å². The van der Waals surface area contributed by atoms with Crippen LogP contribution in [0.15, 0.2) is 0 Å². The van der Waals surface area contributed by atoms with Gasteiger partial charge in [0.2, 0.25) is 0 Å². The smallest absolute Gasteiger partial charge is 0.0462 e. The molecule has 2 nitrogen and oxygen atoms in total. The third-order valence-corrected chi connectivity index (χ3v) is 1.85. The lowest BCUT2D eigenvalue weighted by molar-refractivity contribution is 0.190. The number of hydrogen-bond acceptors (Lipinski definition) is 2. The predicted molar refractivity (Wildman–Crippen MR) is 48.6 cm³/mol. The SMILES string of the molecule is CCCCC(N)CCCOC. The van der Waals surface area contributed by atoms with Gasteiger partial charge in [0, 0.05) is 19.8 Å². The second-order valence-electron chi connectivity index (χ2n) is 3.04. The van der Waals surface area contributed by atoms with E-state index >= 15 is 0 Å². The van der Waals surface area contributed by atoms with Gasteiger partial charge in [-0.05, 0) is 19.3 Å². The van der Waals surface area contributed by atoms with E-state index in [2.05, 4.69) is 6.92 Å². The first kappa shape index (κ1) is 10.9. The van der Waals surface area contributed by atoms with E-state index in [4.69, 9.17) is 10.5 Å². The molecule has 0 aliphatic rings. The molecule has 68 valence electrons. The van der Waals surface area contributed by atoms with Crippen molar-refractivity contribution in [2.75, 3.05) is 13.7 Å². The van der Waals surface area contributed by atoms with Crippen LogP contribution in [-0.2, 0) is 4.74 Å². The summed E-state index contributed by atoms with van der Waals surface area (Å²) in [5, 5.41) is 0. The van der Waals surface area contributed by atoms with E-state index in [0.717, 1.165) is 19.4 Å². The zero-order valence-electron chi connectivity index (χ0n) is 7.81. The van der Waals surface area contributed by atoms with Gasteiger partial charge in [-0.2, -0.15) is 0 Å². The van der Waals surface area contributed by atoms with E-state index in [1.54, 1.807) is 7.11 Å². The first-order valence-corrected chi connectivity index (χ1v) is 4.55. The van der Waals surface area contributed by atoms with Crippen LogP contribution in [0.2, 0.25) is 0 Å². The van der Waals surface area contributed by atoms with Gasteiger partial charge in [0.1, 0.15) is 0 Å². The van der Waals surface area contributed by atoms with E-state index in [1.165, 1.54) is 19.3 Å². The quantitative estimate of drug-likeness (QED) is 0.576. The Labute approximate surface area is 70.1 Å². The fourth-order valence-corrected chi connectivity index (χ4v) is 1.10. The molecule has 2 heteroatoms. The highest BCUT2D eigenvalue weighted by Gasteiger charge is 2.00. The van der Waals surface area contributed by atoms with Gasteiger partial charge in [-0.3, -0.25) is 0 Å². The van der Waals surface area contributed by atoms with Crippen molar-refractivity contribution in [1.29, 1.82) is 0 Å². The van der Waals surface area contributed by atoms with Crippen molar-refractivity contribution in [2.24, 2.45) is 5.73 Å². The second-order valence-corrected chi connectivity index (χ2v) is 3.04. The van der Waals surface area contributed by atoms with Crippen molar-refractivity contribution >= 4 is 0 Å². The van der Waals surface area contributed by atoms with E-state index in [-0.39, 0.29) is 0 Å². The molecule has 0 rings (SSSR count). The maximum absolute atomic E-state index is 5.84. The lowest BCUT2D eigenvalue weighted by atomic mass is 10.1. The van der Waals surface area contributed by atoms with Gasteiger partial charge in [-0.15, -0.1) is 0 Å². The van der Waals surface area contributed by atoms with Crippen LogP contribution in [0.25, 0.3) is 0 Å². The van der Waals surface area contributed by atoms with Crippen LogP contribution < -0.4 is 5.73 Å². The van der Waals surface area contributed by atoms with Gasteiger partial charge in [0.25, 0.3) is 0 Å².